The summed E-state index contributed by atoms with van der Waals surface area (Å²) in [4.78, 5) is 29.2. The number of anilines is 1. The second-order valence-corrected chi connectivity index (χ2v) is 11.3. The van der Waals surface area contributed by atoms with Gasteiger partial charge >= 0.3 is 0 Å². The number of aryl methyl sites for hydroxylation is 1. The fourth-order valence-electron chi connectivity index (χ4n) is 5.19. The van der Waals surface area contributed by atoms with Crippen LogP contribution in [0.15, 0.2) is 23.1 Å². The van der Waals surface area contributed by atoms with Gasteiger partial charge in [-0.3, -0.25) is 9.59 Å². The van der Waals surface area contributed by atoms with Gasteiger partial charge in [-0.1, -0.05) is 6.92 Å². The van der Waals surface area contributed by atoms with Gasteiger partial charge in [-0.15, -0.1) is 0 Å². The number of hydrogen-bond donors (Lipinski definition) is 2. The Morgan fingerprint density at radius 2 is 1.82 bits per heavy atom. The Morgan fingerprint density at radius 3 is 2.52 bits per heavy atom. The molecular weight excluding hydrogens is 440 g/mol. The lowest BCUT2D eigenvalue weighted by Gasteiger charge is -2.37. The van der Waals surface area contributed by atoms with Crippen molar-refractivity contribution < 1.29 is 18.0 Å². The number of fused-ring (bicyclic) bond motifs is 1. The molecule has 1 saturated carbocycles. The van der Waals surface area contributed by atoms with E-state index in [0.29, 0.717) is 31.5 Å². The molecule has 2 N–H and O–H groups in total. The molecule has 8 nitrogen and oxygen atoms in total. The number of hydrogen-bond acceptors (Lipinski definition) is 5. The molecule has 0 unspecified atom stereocenters. The molecule has 33 heavy (non-hydrogen) atoms. The van der Waals surface area contributed by atoms with Gasteiger partial charge in [-0.2, -0.15) is 0 Å². The summed E-state index contributed by atoms with van der Waals surface area (Å²) >= 11 is 0. The molecule has 2 heterocycles. The normalized spacial score (nSPS) is 24.6. The zero-order valence-corrected chi connectivity index (χ0v) is 20.3. The van der Waals surface area contributed by atoms with Crippen molar-refractivity contribution in [1.29, 1.82) is 0 Å². The minimum absolute atomic E-state index is 0.0280. The van der Waals surface area contributed by atoms with E-state index < -0.39 is 10.0 Å². The Labute approximate surface area is 197 Å². The summed E-state index contributed by atoms with van der Waals surface area (Å²) < 4.78 is 28.5. The summed E-state index contributed by atoms with van der Waals surface area (Å²) in [6, 6.07) is 4.92. The SMILES string of the molecule is CCN1CCN(C(=O)C2CCC(CNS(=O)(=O)c3ccc4c(c3)CCCC(=O)N4)CC2)CC1. The highest BCUT2D eigenvalue weighted by Gasteiger charge is 2.31. The first-order chi connectivity index (χ1) is 15.9. The van der Waals surface area contributed by atoms with Crippen LogP contribution in [0, 0.1) is 11.8 Å². The van der Waals surface area contributed by atoms with Crippen LogP contribution in [0.5, 0.6) is 0 Å². The number of rotatable bonds is 6. The summed E-state index contributed by atoms with van der Waals surface area (Å²) in [5.41, 5.74) is 1.57. The number of piperazine rings is 1. The van der Waals surface area contributed by atoms with Gasteiger partial charge < -0.3 is 15.1 Å². The van der Waals surface area contributed by atoms with E-state index >= 15 is 0 Å². The van der Waals surface area contributed by atoms with Crippen molar-refractivity contribution in [3.05, 3.63) is 23.8 Å². The summed E-state index contributed by atoms with van der Waals surface area (Å²) in [5, 5.41) is 2.84. The molecule has 1 aromatic rings. The van der Waals surface area contributed by atoms with Crippen LogP contribution < -0.4 is 10.0 Å². The van der Waals surface area contributed by atoms with Crippen molar-refractivity contribution in [3.8, 4) is 0 Å². The maximum absolute atomic E-state index is 12.9. The van der Waals surface area contributed by atoms with Crippen LogP contribution >= 0.6 is 0 Å². The third-order valence-electron chi connectivity index (χ3n) is 7.40. The Bertz CT molecular complexity index is 965. The number of benzene rings is 1. The molecule has 182 valence electrons. The zero-order valence-electron chi connectivity index (χ0n) is 19.5. The molecular formula is C24H36N4O4S. The number of nitrogens with one attached hydrogen (secondary N) is 2. The molecule has 1 aromatic carbocycles. The molecule has 2 aliphatic heterocycles. The molecule has 0 radical (unpaired) electrons. The number of likely N-dealkylation sites (N-methyl/N-ethyl adjacent to an activating group) is 1. The Balaban J connectivity index is 1.27. The predicted octanol–water partition coefficient (Wildman–Crippen LogP) is 2.21. The van der Waals surface area contributed by atoms with E-state index in [4.69, 9.17) is 0 Å². The summed E-state index contributed by atoms with van der Waals surface area (Å²) in [6.45, 7) is 7.12. The maximum Gasteiger partial charge on any atom is 0.240 e. The second kappa shape index (κ2) is 10.5. The summed E-state index contributed by atoms with van der Waals surface area (Å²) in [5.74, 6) is 0.577. The van der Waals surface area contributed by atoms with Gasteiger partial charge in [0.1, 0.15) is 0 Å². The van der Waals surface area contributed by atoms with Crippen molar-refractivity contribution in [3.63, 3.8) is 0 Å². The molecule has 2 fully saturated rings. The molecule has 2 amide bonds. The predicted molar refractivity (Wildman–Crippen MR) is 127 cm³/mol. The Kier molecular flexibility index (Phi) is 7.71. The summed E-state index contributed by atoms with van der Waals surface area (Å²) in [7, 11) is -3.62. The van der Waals surface area contributed by atoms with E-state index in [1.165, 1.54) is 0 Å². The van der Waals surface area contributed by atoms with Gasteiger partial charge in [0.05, 0.1) is 4.90 Å². The third kappa shape index (κ3) is 5.94. The van der Waals surface area contributed by atoms with Crippen LogP contribution in [-0.4, -0.2) is 69.3 Å². The van der Waals surface area contributed by atoms with Crippen molar-refractivity contribution in [2.75, 3.05) is 44.6 Å². The molecule has 4 rings (SSSR count). The molecule has 0 spiro atoms. The van der Waals surface area contributed by atoms with Crippen LogP contribution in [-0.2, 0) is 26.0 Å². The van der Waals surface area contributed by atoms with Crippen molar-refractivity contribution in [1.82, 2.24) is 14.5 Å². The largest absolute Gasteiger partial charge is 0.340 e. The zero-order chi connectivity index (χ0) is 23.4. The average Bonchev–Trinajstić information content (AvgIpc) is 3.02. The Hall–Kier alpha value is -1.97. The van der Waals surface area contributed by atoms with Crippen LogP contribution in [0.25, 0.3) is 0 Å². The third-order valence-corrected chi connectivity index (χ3v) is 8.82. The monoisotopic (exact) mass is 476 g/mol. The maximum atomic E-state index is 12.9. The smallest absolute Gasteiger partial charge is 0.240 e. The van der Waals surface area contributed by atoms with Crippen molar-refractivity contribution in [2.45, 2.75) is 56.8 Å². The molecule has 3 aliphatic rings. The lowest BCUT2D eigenvalue weighted by molar-refractivity contribution is -0.138. The van der Waals surface area contributed by atoms with Crippen molar-refractivity contribution >= 4 is 27.5 Å². The summed E-state index contributed by atoms with van der Waals surface area (Å²) in [6.07, 6.45) is 5.24. The highest BCUT2D eigenvalue weighted by Crippen LogP contribution is 2.31. The topological polar surface area (TPSA) is 98.8 Å². The number of amides is 2. The highest BCUT2D eigenvalue weighted by atomic mass is 32.2. The van der Waals surface area contributed by atoms with E-state index in [1.807, 2.05) is 4.90 Å². The van der Waals surface area contributed by atoms with Crippen LogP contribution in [0.4, 0.5) is 5.69 Å². The number of nitrogens with zero attached hydrogens (tertiary/aromatic N) is 2. The first-order valence-electron chi connectivity index (χ1n) is 12.3. The van der Waals surface area contributed by atoms with Crippen LogP contribution in [0.3, 0.4) is 0 Å². The Morgan fingerprint density at radius 1 is 1.09 bits per heavy atom. The fraction of sp³-hybridized carbons (Fsp3) is 0.667. The minimum Gasteiger partial charge on any atom is -0.340 e. The first-order valence-corrected chi connectivity index (χ1v) is 13.8. The van der Waals surface area contributed by atoms with Crippen LogP contribution in [0.2, 0.25) is 0 Å². The van der Waals surface area contributed by atoms with Gasteiger partial charge in [0.15, 0.2) is 0 Å². The standard InChI is InChI=1S/C24H36N4O4S/c1-2-27-12-14-28(15-13-27)24(30)19-8-6-18(7-9-19)17-25-33(31,32)21-10-11-22-20(16-21)4-3-5-23(29)26-22/h10-11,16,18-19,25H,2-9,12-15,17H2,1H3,(H,26,29). The minimum atomic E-state index is -3.62. The van der Waals surface area contributed by atoms with E-state index in [9.17, 15) is 18.0 Å². The molecule has 0 aromatic heterocycles. The molecule has 1 aliphatic carbocycles. The van der Waals surface area contributed by atoms with Gasteiger partial charge in [0.2, 0.25) is 21.8 Å². The second-order valence-electron chi connectivity index (χ2n) is 9.55. The van der Waals surface area contributed by atoms with Gasteiger partial charge in [0, 0.05) is 50.7 Å². The molecule has 0 atom stereocenters. The van der Waals surface area contributed by atoms with E-state index in [1.54, 1.807) is 18.2 Å². The van der Waals surface area contributed by atoms with E-state index in [0.717, 1.165) is 64.0 Å². The lowest BCUT2D eigenvalue weighted by Crippen LogP contribution is -2.50. The van der Waals surface area contributed by atoms with Gasteiger partial charge in [-0.05, 0) is 74.8 Å². The molecule has 9 heteroatoms. The number of carbonyl (C=O) groups excluding carboxylic acids is 2. The van der Waals surface area contributed by atoms with E-state index in [2.05, 4.69) is 21.9 Å². The molecule has 1 saturated heterocycles. The number of carbonyl (C=O) groups is 2. The number of sulfonamides is 1. The van der Waals surface area contributed by atoms with Gasteiger partial charge in [0.25, 0.3) is 0 Å². The highest BCUT2D eigenvalue weighted by molar-refractivity contribution is 7.89. The fourth-order valence-corrected chi connectivity index (χ4v) is 6.35. The quantitative estimate of drug-likeness (QED) is 0.656. The van der Waals surface area contributed by atoms with E-state index in [-0.39, 0.29) is 28.5 Å². The average molecular weight is 477 g/mol. The van der Waals surface area contributed by atoms with Crippen molar-refractivity contribution in [2.24, 2.45) is 11.8 Å². The van der Waals surface area contributed by atoms with Crippen LogP contribution in [0.1, 0.15) is 51.0 Å². The van der Waals surface area contributed by atoms with Gasteiger partial charge in [-0.25, -0.2) is 13.1 Å². The lowest BCUT2D eigenvalue weighted by atomic mass is 9.81. The molecule has 0 bridgehead atoms. The first kappa shape index (κ1) is 24.2.